The van der Waals surface area contributed by atoms with Crippen molar-refractivity contribution in [2.75, 3.05) is 19.8 Å². The highest BCUT2D eigenvalue weighted by molar-refractivity contribution is 5.89. The van der Waals surface area contributed by atoms with Crippen LogP contribution in [0.5, 0.6) is 0 Å². The molecule has 5 heteroatoms. The van der Waals surface area contributed by atoms with Crippen molar-refractivity contribution in [3.63, 3.8) is 0 Å². The van der Waals surface area contributed by atoms with Gasteiger partial charge in [-0.25, -0.2) is 4.79 Å². The maximum atomic E-state index is 11.0. The first-order valence-corrected chi connectivity index (χ1v) is 6.96. The Bertz CT molecular complexity index is 324. The van der Waals surface area contributed by atoms with Gasteiger partial charge in [0.05, 0.1) is 25.4 Å². The summed E-state index contributed by atoms with van der Waals surface area (Å²) in [6, 6.07) is 8.96. The minimum Gasteiger partial charge on any atom is -0.462 e. The summed E-state index contributed by atoms with van der Waals surface area (Å²) in [6.07, 6.45) is 2.00. The van der Waals surface area contributed by atoms with E-state index in [1.165, 1.54) is 0 Å². The summed E-state index contributed by atoms with van der Waals surface area (Å²) in [7, 11) is 0. The fourth-order valence-corrected chi connectivity index (χ4v) is 1.12. The van der Waals surface area contributed by atoms with Gasteiger partial charge in [-0.2, -0.15) is 0 Å². The van der Waals surface area contributed by atoms with Crippen LogP contribution in [0.4, 0.5) is 0 Å². The monoisotopic (exact) mass is 283 g/mol. The highest BCUT2D eigenvalue weighted by Gasteiger charge is 2.02. The molecule has 0 atom stereocenters. The van der Waals surface area contributed by atoms with Crippen LogP contribution in [-0.4, -0.2) is 25.8 Å². The van der Waals surface area contributed by atoms with Crippen molar-refractivity contribution in [2.24, 2.45) is 0 Å². The van der Waals surface area contributed by atoms with Crippen LogP contribution < -0.4 is 5.64 Å². The second-order valence-electron chi connectivity index (χ2n) is 3.87. The van der Waals surface area contributed by atoms with Crippen molar-refractivity contribution in [3.05, 3.63) is 35.9 Å². The molecule has 0 aliphatic carbocycles. The maximum Gasteiger partial charge on any atom is 0.338 e. The Morgan fingerprint density at radius 1 is 1.00 bits per heavy atom. The molecule has 0 fully saturated rings. The molecular weight excluding hydrogens is 258 g/mol. The molecule has 1 N–H and O–H groups in total. The van der Waals surface area contributed by atoms with Crippen LogP contribution in [-0.2, 0) is 14.4 Å². The third kappa shape index (κ3) is 10.5. The SMILES string of the molecule is CCCONOCCC.CCOC(=O)c1ccccc1. The van der Waals surface area contributed by atoms with Crippen LogP contribution in [0.2, 0.25) is 0 Å². The average molecular weight is 283 g/mol. The molecule has 0 unspecified atom stereocenters. The minimum atomic E-state index is -0.256. The summed E-state index contributed by atoms with van der Waals surface area (Å²) >= 11 is 0. The van der Waals surface area contributed by atoms with Gasteiger partial charge in [0.1, 0.15) is 0 Å². The van der Waals surface area contributed by atoms with E-state index in [1.807, 2.05) is 32.0 Å². The van der Waals surface area contributed by atoms with Crippen LogP contribution in [0.3, 0.4) is 0 Å². The molecule has 5 nitrogen and oxygen atoms in total. The Labute approximate surface area is 121 Å². The van der Waals surface area contributed by atoms with Crippen LogP contribution in [0, 0.1) is 0 Å². The molecule has 0 spiro atoms. The van der Waals surface area contributed by atoms with Crippen molar-refractivity contribution in [3.8, 4) is 0 Å². The zero-order chi connectivity index (χ0) is 15.1. The normalized spacial score (nSPS) is 9.55. The van der Waals surface area contributed by atoms with E-state index in [2.05, 4.69) is 5.64 Å². The summed E-state index contributed by atoms with van der Waals surface area (Å²) in [4.78, 5) is 20.6. The smallest absolute Gasteiger partial charge is 0.338 e. The van der Waals surface area contributed by atoms with Crippen molar-refractivity contribution >= 4 is 5.97 Å². The Morgan fingerprint density at radius 2 is 1.55 bits per heavy atom. The zero-order valence-electron chi connectivity index (χ0n) is 12.6. The topological polar surface area (TPSA) is 56.8 Å². The summed E-state index contributed by atoms with van der Waals surface area (Å²) in [6.45, 7) is 7.70. The molecule has 0 radical (unpaired) electrons. The van der Waals surface area contributed by atoms with Gasteiger partial charge in [-0.1, -0.05) is 37.7 Å². The lowest BCUT2D eigenvalue weighted by atomic mass is 10.2. The largest absolute Gasteiger partial charge is 0.462 e. The summed E-state index contributed by atoms with van der Waals surface area (Å²) in [5, 5.41) is 0. The lowest BCUT2D eigenvalue weighted by molar-refractivity contribution is -0.170. The molecular formula is C15H25NO4. The molecule has 0 amide bonds. The molecule has 0 bridgehead atoms. The molecule has 0 saturated carbocycles. The third-order valence-electron chi connectivity index (χ3n) is 2.02. The maximum absolute atomic E-state index is 11.0. The van der Waals surface area contributed by atoms with Gasteiger partial charge in [0.25, 0.3) is 0 Å². The van der Waals surface area contributed by atoms with E-state index in [1.54, 1.807) is 19.1 Å². The first kappa shape index (κ1) is 18.6. The van der Waals surface area contributed by atoms with Crippen LogP contribution in [0.25, 0.3) is 0 Å². The highest BCUT2D eigenvalue weighted by atomic mass is 16.9. The minimum absolute atomic E-state index is 0.256. The van der Waals surface area contributed by atoms with Gasteiger partial charge in [-0.3, -0.25) is 9.68 Å². The van der Waals surface area contributed by atoms with E-state index < -0.39 is 0 Å². The van der Waals surface area contributed by atoms with Crippen molar-refractivity contribution in [1.29, 1.82) is 0 Å². The Hall–Kier alpha value is -1.43. The molecule has 1 aromatic rings. The molecule has 0 aliphatic heterocycles. The standard InChI is InChI=1S/C9H10O2.C6H15NO2/c1-2-11-9(10)8-6-4-3-5-7-8;1-3-5-8-7-9-6-4-2/h3-7H,2H2,1H3;7H,3-6H2,1-2H3. The van der Waals surface area contributed by atoms with Gasteiger partial charge < -0.3 is 4.74 Å². The second kappa shape index (κ2) is 14.0. The number of carbonyl (C=O) groups is 1. The molecule has 0 heterocycles. The van der Waals surface area contributed by atoms with Crippen LogP contribution in [0.1, 0.15) is 44.0 Å². The van der Waals surface area contributed by atoms with Crippen LogP contribution in [0.15, 0.2) is 30.3 Å². The first-order chi connectivity index (χ1) is 9.76. The van der Waals surface area contributed by atoms with E-state index in [0.29, 0.717) is 25.4 Å². The Kier molecular flexibility index (Phi) is 13.0. The summed E-state index contributed by atoms with van der Waals surface area (Å²) in [5.41, 5.74) is 2.99. The van der Waals surface area contributed by atoms with Crippen molar-refractivity contribution < 1.29 is 19.2 Å². The van der Waals surface area contributed by atoms with Gasteiger partial charge in [0.15, 0.2) is 0 Å². The number of nitrogens with one attached hydrogen (secondary N) is 1. The molecule has 0 aliphatic rings. The van der Waals surface area contributed by atoms with Crippen molar-refractivity contribution in [2.45, 2.75) is 33.6 Å². The Balaban J connectivity index is 0.000000370. The fourth-order valence-electron chi connectivity index (χ4n) is 1.12. The third-order valence-corrected chi connectivity index (χ3v) is 2.02. The molecule has 1 aromatic carbocycles. The quantitative estimate of drug-likeness (QED) is 0.451. The number of hydrogen-bond donors (Lipinski definition) is 1. The first-order valence-electron chi connectivity index (χ1n) is 6.96. The fraction of sp³-hybridized carbons (Fsp3) is 0.533. The highest BCUT2D eigenvalue weighted by Crippen LogP contribution is 1.99. The van der Waals surface area contributed by atoms with E-state index in [0.717, 1.165) is 12.8 Å². The van der Waals surface area contributed by atoms with Crippen molar-refractivity contribution in [1.82, 2.24) is 5.64 Å². The number of hydrogen-bond acceptors (Lipinski definition) is 5. The van der Waals surface area contributed by atoms with E-state index in [9.17, 15) is 4.79 Å². The second-order valence-corrected chi connectivity index (χ2v) is 3.87. The average Bonchev–Trinajstić information content (AvgIpc) is 2.49. The van der Waals surface area contributed by atoms with Gasteiger partial charge >= 0.3 is 5.97 Å². The van der Waals surface area contributed by atoms with E-state index >= 15 is 0 Å². The van der Waals surface area contributed by atoms with Gasteiger partial charge in [0.2, 0.25) is 0 Å². The molecule has 20 heavy (non-hydrogen) atoms. The van der Waals surface area contributed by atoms with E-state index in [4.69, 9.17) is 14.4 Å². The summed E-state index contributed by atoms with van der Waals surface area (Å²) < 4.78 is 4.79. The van der Waals surface area contributed by atoms with Gasteiger partial charge in [0, 0.05) is 0 Å². The number of esters is 1. The molecule has 114 valence electrons. The Morgan fingerprint density at radius 3 is 2.00 bits per heavy atom. The number of ether oxygens (including phenoxy) is 1. The van der Waals surface area contributed by atoms with Gasteiger partial charge in [-0.15, -0.1) is 0 Å². The molecule has 0 aromatic heterocycles. The zero-order valence-corrected chi connectivity index (χ0v) is 12.6. The molecule has 1 rings (SSSR count). The number of benzene rings is 1. The van der Waals surface area contributed by atoms with Crippen LogP contribution >= 0.6 is 0 Å². The summed E-state index contributed by atoms with van der Waals surface area (Å²) in [5.74, 6) is -0.256. The number of rotatable bonds is 8. The lowest BCUT2D eigenvalue weighted by Crippen LogP contribution is -2.16. The number of carbonyl (C=O) groups excluding carboxylic acids is 1. The van der Waals surface area contributed by atoms with Gasteiger partial charge in [-0.05, 0) is 31.9 Å². The predicted octanol–water partition coefficient (Wildman–Crippen LogP) is 3.12. The predicted molar refractivity (Wildman–Crippen MR) is 78.0 cm³/mol. The molecule has 0 saturated heterocycles. The van der Waals surface area contributed by atoms with E-state index in [-0.39, 0.29) is 5.97 Å². The lowest BCUT2D eigenvalue weighted by Gasteiger charge is -2.02.